The van der Waals surface area contributed by atoms with Crippen LogP contribution in [0.4, 0.5) is 0 Å². The van der Waals surface area contributed by atoms with Gasteiger partial charge in [0, 0.05) is 11.8 Å². The van der Waals surface area contributed by atoms with Gasteiger partial charge in [-0.3, -0.25) is 0 Å². The SMILES string of the molecule is COc1ccc(-c2c(Cl)ccnc2Cl)cc1. The van der Waals surface area contributed by atoms with Crippen molar-refractivity contribution in [1.82, 2.24) is 4.98 Å². The van der Waals surface area contributed by atoms with E-state index in [4.69, 9.17) is 27.9 Å². The van der Waals surface area contributed by atoms with Gasteiger partial charge >= 0.3 is 0 Å². The van der Waals surface area contributed by atoms with Gasteiger partial charge in [0.2, 0.25) is 0 Å². The molecule has 0 saturated heterocycles. The molecule has 0 aliphatic carbocycles. The molecule has 0 aliphatic heterocycles. The van der Waals surface area contributed by atoms with Gasteiger partial charge in [-0.2, -0.15) is 0 Å². The molecule has 2 nitrogen and oxygen atoms in total. The van der Waals surface area contributed by atoms with Crippen molar-refractivity contribution in [2.75, 3.05) is 7.11 Å². The Hall–Kier alpha value is -1.25. The smallest absolute Gasteiger partial charge is 0.138 e. The van der Waals surface area contributed by atoms with Crippen molar-refractivity contribution in [3.8, 4) is 16.9 Å². The van der Waals surface area contributed by atoms with Crippen molar-refractivity contribution in [3.63, 3.8) is 0 Å². The van der Waals surface area contributed by atoms with Crippen LogP contribution in [0.3, 0.4) is 0 Å². The zero-order valence-electron chi connectivity index (χ0n) is 8.58. The average Bonchev–Trinajstić information content (AvgIpc) is 2.30. The molecule has 0 fully saturated rings. The lowest BCUT2D eigenvalue weighted by Gasteiger charge is -2.06. The predicted molar refractivity (Wildman–Crippen MR) is 66.2 cm³/mol. The molecule has 0 spiro atoms. The summed E-state index contributed by atoms with van der Waals surface area (Å²) in [7, 11) is 1.62. The van der Waals surface area contributed by atoms with E-state index in [0.29, 0.717) is 10.2 Å². The van der Waals surface area contributed by atoms with Crippen LogP contribution in [0.1, 0.15) is 0 Å². The minimum atomic E-state index is 0.401. The van der Waals surface area contributed by atoms with Gasteiger partial charge in [-0.1, -0.05) is 35.3 Å². The van der Waals surface area contributed by atoms with Crippen LogP contribution >= 0.6 is 23.2 Å². The zero-order chi connectivity index (χ0) is 11.5. The Morgan fingerprint density at radius 2 is 1.75 bits per heavy atom. The summed E-state index contributed by atoms with van der Waals surface area (Å²) < 4.78 is 5.08. The van der Waals surface area contributed by atoms with Gasteiger partial charge in [-0.05, 0) is 23.8 Å². The van der Waals surface area contributed by atoms with Crippen LogP contribution < -0.4 is 4.74 Å². The van der Waals surface area contributed by atoms with Gasteiger partial charge in [0.25, 0.3) is 0 Å². The fourth-order valence-corrected chi connectivity index (χ4v) is 2.00. The molecule has 82 valence electrons. The fraction of sp³-hybridized carbons (Fsp3) is 0.0833. The summed E-state index contributed by atoms with van der Waals surface area (Å²) in [5.41, 5.74) is 1.66. The van der Waals surface area contributed by atoms with Crippen LogP contribution in [0.25, 0.3) is 11.1 Å². The topological polar surface area (TPSA) is 22.1 Å². The number of hydrogen-bond acceptors (Lipinski definition) is 2. The number of rotatable bonds is 2. The average molecular weight is 254 g/mol. The second-order valence-electron chi connectivity index (χ2n) is 3.19. The lowest BCUT2D eigenvalue weighted by Crippen LogP contribution is -1.86. The van der Waals surface area contributed by atoms with E-state index < -0.39 is 0 Å². The summed E-state index contributed by atoms with van der Waals surface area (Å²) in [5, 5.41) is 0.989. The molecule has 0 unspecified atom stereocenters. The molecular weight excluding hydrogens is 245 g/mol. The Kier molecular flexibility index (Phi) is 3.32. The summed E-state index contributed by atoms with van der Waals surface area (Å²) in [4.78, 5) is 4.01. The minimum Gasteiger partial charge on any atom is -0.497 e. The standard InChI is InChI=1S/C12H9Cl2NO/c1-16-9-4-2-8(3-5-9)11-10(13)6-7-15-12(11)14/h2-7H,1H3. The third-order valence-electron chi connectivity index (χ3n) is 2.23. The van der Waals surface area contributed by atoms with Crippen LogP contribution in [0.15, 0.2) is 36.5 Å². The van der Waals surface area contributed by atoms with Crippen molar-refractivity contribution >= 4 is 23.2 Å². The van der Waals surface area contributed by atoms with E-state index >= 15 is 0 Å². The summed E-state index contributed by atoms with van der Waals surface area (Å²) in [6, 6.07) is 9.22. The highest BCUT2D eigenvalue weighted by molar-refractivity contribution is 6.38. The Morgan fingerprint density at radius 1 is 1.06 bits per heavy atom. The molecule has 0 aliphatic rings. The van der Waals surface area contributed by atoms with E-state index in [-0.39, 0.29) is 0 Å². The normalized spacial score (nSPS) is 10.2. The van der Waals surface area contributed by atoms with Crippen LogP contribution in [-0.2, 0) is 0 Å². The number of methoxy groups -OCH3 is 1. The number of hydrogen-bond donors (Lipinski definition) is 0. The Bertz CT molecular complexity index is 477. The molecule has 0 radical (unpaired) electrons. The predicted octanol–water partition coefficient (Wildman–Crippen LogP) is 4.06. The first-order valence-electron chi connectivity index (χ1n) is 4.67. The molecule has 4 heteroatoms. The lowest BCUT2D eigenvalue weighted by molar-refractivity contribution is 0.415. The third-order valence-corrected chi connectivity index (χ3v) is 2.83. The summed E-state index contributed by atoms with van der Waals surface area (Å²) >= 11 is 12.1. The van der Waals surface area contributed by atoms with E-state index in [0.717, 1.165) is 16.9 Å². The maximum atomic E-state index is 6.08. The van der Waals surface area contributed by atoms with Crippen molar-refractivity contribution in [1.29, 1.82) is 0 Å². The summed E-state index contributed by atoms with van der Waals surface area (Å²) in [6.45, 7) is 0. The molecule has 0 atom stereocenters. The summed E-state index contributed by atoms with van der Waals surface area (Å²) in [5.74, 6) is 0.792. The zero-order valence-corrected chi connectivity index (χ0v) is 10.1. The van der Waals surface area contributed by atoms with Crippen LogP contribution in [0, 0.1) is 0 Å². The van der Waals surface area contributed by atoms with Crippen molar-refractivity contribution in [2.45, 2.75) is 0 Å². The molecule has 1 aromatic heterocycles. The first kappa shape index (κ1) is 11.2. The van der Waals surface area contributed by atoms with Gasteiger partial charge in [-0.25, -0.2) is 4.98 Å². The molecule has 0 amide bonds. The van der Waals surface area contributed by atoms with E-state index in [2.05, 4.69) is 4.98 Å². The summed E-state index contributed by atoms with van der Waals surface area (Å²) in [6.07, 6.45) is 1.58. The minimum absolute atomic E-state index is 0.401. The highest BCUT2D eigenvalue weighted by Gasteiger charge is 2.08. The molecule has 16 heavy (non-hydrogen) atoms. The monoisotopic (exact) mass is 253 g/mol. The van der Waals surface area contributed by atoms with E-state index in [1.165, 1.54) is 0 Å². The van der Waals surface area contributed by atoms with Crippen molar-refractivity contribution in [2.24, 2.45) is 0 Å². The van der Waals surface area contributed by atoms with Gasteiger partial charge in [0.05, 0.1) is 12.1 Å². The fourth-order valence-electron chi connectivity index (χ4n) is 1.43. The second-order valence-corrected chi connectivity index (χ2v) is 3.95. The highest BCUT2D eigenvalue weighted by atomic mass is 35.5. The van der Waals surface area contributed by atoms with E-state index in [9.17, 15) is 0 Å². The first-order chi connectivity index (χ1) is 7.72. The largest absolute Gasteiger partial charge is 0.497 e. The van der Waals surface area contributed by atoms with Crippen molar-refractivity contribution in [3.05, 3.63) is 46.7 Å². The number of ether oxygens (including phenoxy) is 1. The molecule has 2 rings (SSSR count). The molecule has 1 heterocycles. The molecule has 0 bridgehead atoms. The number of pyridine rings is 1. The van der Waals surface area contributed by atoms with Crippen LogP contribution in [0.5, 0.6) is 5.75 Å². The molecular formula is C12H9Cl2NO. The van der Waals surface area contributed by atoms with Crippen LogP contribution in [0.2, 0.25) is 10.2 Å². The third kappa shape index (κ3) is 2.13. The van der Waals surface area contributed by atoms with E-state index in [1.807, 2.05) is 24.3 Å². The molecule has 0 N–H and O–H groups in total. The Balaban J connectivity index is 2.50. The maximum absolute atomic E-state index is 6.08. The van der Waals surface area contributed by atoms with Crippen LogP contribution in [-0.4, -0.2) is 12.1 Å². The number of nitrogens with zero attached hydrogens (tertiary/aromatic N) is 1. The lowest BCUT2D eigenvalue weighted by atomic mass is 10.1. The number of halogens is 2. The molecule has 2 aromatic rings. The molecule has 1 aromatic carbocycles. The highest BCUT2D eigenvalue weighted by Crippen LogP contribution is 2.33. The van der Waals surface area contributed by atoms with Gasteiger partial charge in [0.15, 0.2) is 0 Å². The number of aromatic nitrogens is 1. The number of benzene rings is 1. The van der Waals surface area contributed by atoms with Gasteiger partial charge < -0.3 is 4.74 Å². The first-order valence-corrected chi connectivity index (χ1v) is 5.42. The molecule has 0 saturated carbocycles. The van der Waals surface area contributed by atoms with Gasteiger partial charge in [0.1, 0.15) is 10.9 Å². The quantitative estimate of drug-likeness (QED) is 0.754. The maximum Gasteiger partial charge on any atom is 0.138 e. The van der Waals surface area contributed by atoms with Gasteiger partial charge in [-0.15, -0.1) is 0 Å². The van der Waals surface area contributed by atoms with Crippen molar-refractivity contribution < 1.29 is 4.74 Å². The second kappa shape index (κ2) is 4.73. The van der Waals surface area contributed by atoms with E-state index in [1.54, 1.807) is 19.4 Å². The Morgan fingerprint density at radius 3 is 2.31 bits per heavy atom. The Labute approximate surface area is 104 Å².